The summed E-state index contributed by atoms with van der Waals surface area (Å²) < 4.78 is 0. The van der Waals surface area contributed by atoms with Crippen molar-refractivity contribution in [3.63, 3.8) is 0 Å². The maximum Gasteiger partial charge on any atom is 0.185 e. The molecule has 0 spiro atoms. The Balaban J connectivity index is 1.75. The molecule has 1 fully saturated rings. The van der Waals surface area contributed by atoms with E-state index in [0.29, 0.717) is 6.04 Å². The van der Waals surface area contributed by atoms with Crippen LogP contribution in [0.3, 0.4) is 0 Å². The Morgan fingerprint density at radius 2 is 1.95 bits per heavy atom. The highest BCUT2D eigenvalue weighted by Gasteiger charge is 2.27. The van der Waals surface area contributed by atoms with E-state index in [9.17, 15) is 0 Å². The van der Waals surface area contributed by atoms with E-state index in [2.05, 4.69) is 18.9 Å². The predicted molar refractivity (Wildman–Crippen MR) is 81.8 cm³/mol. The molecule has 106 valence electrons. The molecule has 4 heteroatoms. The highest BCUT2D eigenvalue weighted by Crippen LogP contribution is 2.38. The lowest BCUT2D eigenvalue weighted by Gasteiger charge is -2.33. The number of nitrogens with zero attached hydrogens (tertiary/aromatic N) is 2. The summed E-state index contributed by atoms with van der Waals surface area (Å²) in [5.74, 6) is 0.905. The normalized spacial score (nSPS) is 31.0. The summed E-state index contributed by atoms with van der Waals surface area (Å²) in [5.41, 5.74) is 7.48. The van der Waals surface area contributed by atoms with Crippen molar-refractivity contribution >= 4 is 16.5 Å². The van der Waals surface area contributed by atoms with Gasteiger partial charge in [-0.3, -0.25) is 0 Å². The molecule has 0 aliphatic heterocycles. The van der Waals surface area contributed by atoms with E-state index >= 15 is 0 Å². The zero-order valence-corrected chi connectivity index (χ0v) is 12.9. The second-order valence-electron chi connectivity index (χ2n) is 6.33. The second kappa shape index (κ2) is 5.41. The number of thiazole rings is 1. The van der Waals surface area contributed by atoms with Gasteiger partial charge >= 0.3 is 0 Å². The van der Waals surface area contributed by atoms with Crippen LogP contribution < -0.4 is 10.6 Å². The molecule has 2 aliphatic carbocycles. The van der Waals surface area contributed by atoms with E-state index in [1.807, 2.05) is 11.3 Å². The molecule has 2 N–H and O–H groups in total. The SMILES string of the molecule is CC1CCC(N(C)c2nc3c(s2)C(N)CCC3)CC1. The molecule has 1 atom stereocenters. The van der Waals surface area contributed by atoms with Crippen LogP contribution in [0, 0.1) is 5.92 Å². The average molecular weight is 279 g/mol. The van der Waals surface area contributed by atoms with Crippen molar-refractivity contribution in [2.24, 2.45) is 11.7 Å². The smallest absolute Gasteiger partial charge is 0.185 e. The molecule has 0 saturated heterocycles. The van der Waals surface area contributed by atoms with Crippen LogP contribution in [0.4, 0.5) is 5.13 Å². The van der Waals surface area contributed by atoms with Gasteiger partial charge in [0.1, 0.15) is 0 Å². The summed E-state index contributed by atoms with van der Waals surface area (Å²) in [6.07, 6.45) is 8.79. The largest absolute Gasteiger partial charge is 0.348 e. The van der Waals surface area contributed by atoms with E-state index in [0.717, 1.165) is 18.8 Å². The minimum absolute atomic E-state index is 0.231. The molecule has 0 radical (unpaired) electrons. The molecule has 1 aromatic heterocycles. The Bertz CT molecular complexity index is 435. The van der Waals surface area contributed by atoms with Gasteiger partial charge in [-0.05, 0) is 50.9 Å². The summed E-state index contributed by atoms with van der Waals surface area (Å²) in [6.45, 7) is 2.37. The molecule has 0 amide bonds. The van der Waals surface area contributed by atoms with Crippen LogP contribution >= 0.6 is 11.3 Å². The number of fused-ring (bicyclic) bond motifs is 1. The first-order valence-corrected chi connectivity index (χ1v) is 8.45. The van der Waals surface area contributed by atoms with Crippen LogP contribution in [-0.2, 0) is 6.42 Å². The zero-order chi connectivity index (χ0) is 13.4. The first kappa shape index (κ1) is 13.4. The zero-order valence-electron chi connectivity index (χ0n) is 12.1. The highest BCUT2D eigenvalue weighted by atomic mass is 32.1. The van der Waals surface area contributed by atoms with Gasteiger partial charge in [0.2, 0.25) is 0 Å². The average Bonchev–Trinajstić information content (AvgIpc) is 2.84. The van der Waals surface area contributed by atoms with Crippen molar-refractivity contribution in [1.29, 1.82) is 0 Å². The van der Waals surface area contributed by atoms with Gasteiger partial charge in [0, 0.05) is 24.0 Å². The van der Waals surface area contributed by atoms with Crippen molar-refractivity contribution in [3.05, 3.63) is 10.6 Å². The Kier molecular flexibility index (Phi) is 3.81. The quantitative estimate of drug-likeness (QED) is 0.901. The van der Waals surface area contributed by atoms with E-state index in [1.165, 1.54) is 47.8 Å². The summed E-state index contributed by atoms with van der Waals surface area (Å²) in [4.78, 5) is 8.62. The summed E-state index contributed by atoms with van der Waals surface area (Å²) in [6, 6.07) is 0.912. The number of aryl methyl sites for hydroxylation is 1. The lowest BCUT2D eigenvalue weighted by Crippen LogP contribution is -2.34. The van der Waals surface area contributed by atoms with Crippen molar-refractivity contribution < 1.29 is 0 Å². The maximum absolute atomic E-state index is 6.21. The number of hydrogen-bond donors (Lipinski definition) is 1. The minimum atomic E-state index is 0.231. The number of aromatic nitrogens is 1. The fourth-order valence-corrected chi connectivity index (χ4v) is 4.56. The molecule has 1 heterocycles. The molecular weight excluding hydrogens is 254 g/mol. The van der Waals surface area contributed by atoms with Crippen LogP contribution in [0.1, 0.15) is 62.1 Å². The van der Waals surface area contributed by atoms with E-state index in [4.69, 9.17) is 10.7 Å². The Morgan fingerprint density at radius 3 is 2.63 bits per heavy atom. The summed E-state index contributed by atoms with van der Waals surface area (Å²) in [5, 5.41) is 1.20. The molecule has 0 bridgehead atoms. The third kappa shape index (κ3) is 2.65. The lowest BCUT2D eigenvalue weighted by molar-refractivity contribution is 0.340. The van der Waals surface area contributed by atoms with Gasteiger partial charge in [0.05, 0.1) is 5.69 Å². The van der Waals surface area contributed by atoms with Gasteiger partial charge in [-0.25, -0.2) is 4.98 Å². The van der Waals surface area contributed by atoms with E-state index in [1.54, 1.807) is 0 Å². The molecule has 3 nitrogen and oxygen atoms in total. The molecule has 1 unspecified atom stereocenters. The van der Waals surface area contributed by atoms with Gasteiger partial charge in [0.15, 0.2) is 5.13 Å². The molecule has 1 aromatic rings. The third-order valence-corrected chi connectivity index (χ3v) is 6.14. The van der Waals surface area contributed by atoms with Crippen LogP contribution in [0.5, 0.6) is 0 Å². The Hall–Kier alpha value is -0.610. The molecule has 0 aromatic carbocycles. The number of anilines is 1. The van der Waals surface area contributed by atoms with E-state index in [-0.39, 0.29) is 6.04 Å². The molecular formula is C15H25N3S. The summed E-state index contributed by atoms with van der Waals surface area (Å²) >= 11 is 1.84. The highest BCUT2D eigenvalue weighted by molar-refractivity contribution is 7.15. The van der Waals surface area contributed by atoms with Crippen LogP contribution in [0.25, 0.3) is 0 Å². The molecule has 2 aliphatic rings. The van der Waals surface area contributed by atoms with Crippen molar-refractivity contribution in [2.75, 3.05) is 11.9 Å². The number of hydrogen-bond acceptors (Lipinski definition) is 4. The molecule has 19 heavy (non-hydrogen) atoms. The fraction of sp³-hybridized carbons (Fsp3) is 0.800. The van der Waals surface area contributed by atoms with Crippen LogP contribution in [0.2, 0.25) is 0 Å². The predicted octanol–water partition coefficient (Wildman–Crippen LogP) is 3.49. The van der Waals surface area contributed by atoms with Crippen molar-refractivity contribution in [1.82, 2.24) is 4.98 Å². The number of nitrogens with two attached hydrogens (primary N) is 1. The third-order valence-electron chi connectivity index (χ3n) is 4.82. The minimum Gasteiger partial charge on any atom is -0.348 e. The van der Waals surface area contributed by atoms with Gasteiger partial charge in [-0.1, -0.05) is 18.3 Å². The maximum atomic E-state index is 6.21. The van der Waals surface area contributed by atoms with E-state index < -0.39 is 0 Å². The van der Waals surface area contributed by atoms with Gasteiger partial charge in [-0.2, -0.15) is 0 Å². The monoisotopic (exact) mass is 279 g/mol. The van der Waals surface area contributed by atoms with Gasteiger partial charge in [0.25, 0.3) is 0 Å². The second-order valence-corrected chi connectivity index (χ2v) is 7.34. The molecule has 3 rings (SSSR count). The van der Waals surface area contributed by atoms with Gasteiger partial charge < -0.3 is 10.6 Å². The first-order chi connectivity index (χ1) is 9.15. The number of rotatable bonds is 2. The first-order valence-electron chi connectivity index (χ1n) is 7.63. The standard InChI is InChI=1S/C15H25N3S/c1-10-6-8-11(9-7-10)18(2)15-17-13-5-3-4-12(16)14(13)19-15/h10-12H,3-9,16H2,1-2H3. The fourth-order valence-electron chi connectivity index (χ4n) is 3.38. The lowest BCUT2D eigenvalue weighted by atomic mass is 9.87. The van der Waals surface area contributed by atoms with Crippen LogP contribution in [0.15, 0.2) is 0 Å². The Labute approximate surface area is 120 Å². The Morgan fingerprint density at radius 1 is 1.21 bits per heavy atom. The summed E-state index contributed by atoms with van der Waals surface area (Å²) in [7, 11) is 2.22. The van der Waals surface area contributed by atoms with Crippen molar-refractivity contribution in [2.45, 2.75) is 64.0 Å². The van der Waals surface area contributed by atoms with Crippen LogP contribution in [-0.4, -0.2) is 18.1 Å². The topological polar surface area (TPSA) is 42.2 Å². The van der Waals surface area contributed by atoms with Gasteiger partial charge in [-0.15, -0.1) is 0 Å². The molecule has 1 saturated carbocycles. The van der Waals surface area contributed by atoms with Crippen molar-refractivity contribution in [3.8, 4) is 0 Å².